The van der Waals surface area contributed by atoms with Crippen molar-refractivity contribution >= 4 is 91.2 Å². The maximum atomic E-state index is 15.0. The second kappa shape index (κ2) is 30.8. The van der Waals surface area contributed by atoms with Crippen molar-refractivity contribution < 1.29 is 26.3 Å². The number of nitrogens with one attached hydrogen (secondary N) is 2. The van der Waals surface area contributed by atoms with Crippen LogP contribution in [0.15, 0.2) is 91.4 Å². The Morgan fingerprint density at radius 2 is 0.706 bits per heavy atom. The van der Waals surface area contributed by atoms with Crippen LogP contribution in [0.1, 0.15) is 92.7 Å². The molecular formula is C78H85ClF6N24. The van der Waals surface area contributed by atoms with Crippen molar-refractivity contribution in [2.45, 2.75) is 98.2 Å². The molecule has 566 valence electrons. The lowest BCUT2D eigenvalue weighted by molar-refractivity contribution is 0.312. The van der Waals surface area contributed by atoms with Crippen molar-refractivity contribution in [3.63, 3.8) is 0 Å². The zero-order chi connectivity index (χ0) is 76.2. The zero-order valence-electron chi connectivity index (χ0n) is 62.2. The summed E-state index contributed by atoms with van der Waals surface area (Å²) in [6.45, 7) is 24.4. The number of halogens is 7. The van der Waals surface area contributed by atoms with E-state index in [1.165, 1.54) is 23.9 Å². The first-order chi connectivity index (χ1) is 52.4. The molecule has 31 heteroatoms. The second-order valence-electron chi connectivity index (χ2n) is 29.0. The Morgan fingerprint density at radius 1 is 0.385 bits per heavy atom. The Hall–Kier alpha value is -10.7. The van der Waals surface area contributed by atoms with Gasteiger partial charge in [-0.2, -0.15) is 0 Å². The second-order valence-corrected chi connectivity index (χ2v) is 29.4. The SMILES string of the molecule is CC1CCc2nc3c(F)cc(-c4nc(N)ncc4F)cc3n21.Cc1nc(Cl)ccc1N1CCN(C)CC1.Cc1nc(Nc2ncc(F)c(-c3cc(F)c4nc5n(c4c3)C(C)CC5)n2)ccc1N1CCN(C)CC1.Cc1nc(Nc2ncc(F)c(-c3cc(F)c4nc5n(c4c3)C(C)CC5)n2)ccc1N1CCN(C)CC1. The van der Waals surface area contributed by atoms with Crippen molar-refractivity contribution in [2.24, 2.45) is 0 Å². The maximum absolute atomic E-state index is 15.0. The molecule has 3 atom stereocenters. The van der Waals surface area contributed by atoms with E-state index in [-0.39, 0.29) is 53.1 Å². The number of hydrogen-bond acceptors (Lipinski definition) is 21. The number of nitrogens with zero attached hydrogens (tertiary/aromatic N) is 21. The van der Waals surface area contributed by atoms with Crippen molar-refractivity contribution in [3.05, 3.63) is 166 Å². The normalized spacial score (nSPS) is 17.9. The van der Waals surface area contributed by atoms with E-state index in [9.17, 15) is 26.3 Å². The van der Waals surface area contributed by atoms with Crippen LogP contribution in [-0.2, 0) is 19.3 Å². The van der Waals surface area contributed by atoms with E-state index >= 15 is 0 Å². The van der Waals surface area contributed by atoms with Gasteiger partial charge in [-0.05, 0) is 155 Å². The molecule has 18 rings (SSSR count). The molecule has 24 nitrogen and oxygen atoms in total. The topological polar surface area (TPSA) is 239 Å². The number of rotatable bonds is 10. The van der Waals surface area contributed by atoms with Crippen LogP contribution >= 0.6 is 11.6 Å². The summed E-state index contributed by atoms with van der Waals surface area (Å²) in [6, 6.07) is 21.5. The van der Waals surface area contributed by atoms with Gasteiger partial charge in [0.25, 0.3) is 0 Å². The van der Waals surface area contributed by atoms with Gasteiger partial charge in [0.1, 0.15) is 67.9 Å². The smallest absolute Gasteiger partial charge is 0.229 e. The molecule has 0 bridgehead atoms. The number of fused-ring (bicyclic) bond motifs is 9. The summed E-state index contributed by atoms with van der Waals surface area (Å²) in [5.74, 6) is 0.703. The van der Waals surface area contributed by atoms with Crippen LogP contribution in [0, 0.1) is 55.7 Å². The van der Waals surface area contributed by atoms with E-state index in [1.807, 2.05) is 64.8 Å². The average molecular weight is 1510 g/mol. The van der Waals surface area contributed by atoms with Gasteiger partial charge in [0.15, 0.2) is 34.9 Å². The van der Waals surface area contributed by atoms with E-state index in [2.05, 4.69) is 148 Å². The number of imidazole rings is 3. The van der Waals surface area contributed by atoms with Gasteiger partial charge in [-0.15, -0.1) is 0 Å². The van der Waals surface area contributed by atoms with Crippen LogP contribution in [-0.4, -0.2) is 188 Å². The molecule has 109 heavy (non-hydrogen) atoms. The summed E-state index contributed by atoms with van der Waals surface area (Å²) >= 11 is 5.84. The first-order valence-corrected chi connectivity index (χ1v) is 37.2. The van der Waals surface area contributed by atoms with Gasteiger partial charge in [-0.1, -0.05) is 11.6 Å². The number of likely N-dealkylation sites (N-methyl/N-ethyl adjacent to an activating group) is 3. The fraction of sp³-hybridized carbons (Fsp3) is 0.385. The van der Waals surface area contributed by atoms with Crippen molar-refractivity contribution in [1.29, 1.82) is 0 Å². The van der Waals surface area contributed by atoms with E-state index in [1.54, 1.807) is 18.2 Å². The fourth-order valence-corrected chi connectivity index (χ4v) is 15.6. The summed E-state index contributed by atoms with van der Waals surface area (Å²) in [4.78, 5) is 65.3. The number of nitrogens with two attached hydrogens (primary N) is 1. The third kappa shape index (κ3) is 15.3. The van der Waals surface area contributed by atoms with E-state index in [0.717, 1.165) is 182 Å². The first kappa shape index (κ1) is 73.8. The van der Waals surface area contributed by atoms with E-state index in [4.69, 9.17) is 17.3 Å². The van der Waals surface area contributed by atoms with Gasteiger partial charge in [-0.3, -0.25) is 0 Å². The van der Waals surface area contributed by atoms with Crippen LogP contribution in [0.4, 0.5) is 72.9 Å². The average Bonchev–Trinajstić information content (AvgIpc) is 1.61. The zero-order valence-corrected chi connectivity index (χ0v) is 63.0. The number of anilines is 8. The highest BCUT2D eigenvalue weighted by Gasteiger charge is 2.30. The van der Waals surface area contributed by atoms with Gasteiger partial charge >= 0.3 is 0 Å². The van der Waals surface area contributed by atoms with Gasteiger partial charge < -0.3 is 59.5 Å². The van der Waals surface area contributed by atoms with Crippen LogP contribution in [0.2, 0.25) is 5.15 Å². The Kier molecular flexibility index (Phi) is 20.8. The van der Waals surface area contributed by atoms with Crippen LogP contribution < -0.4 is 31.1 Å². The predicted octanol–water partition coefficient (Wildman–Crippen LogP) is 13.6. The Balaban J connectivity index is 0.000000122. The molecule has 3 fully saturated rings. The molecule has 3 unspecified atom stereocenters. The largest absolute Gasteiger partial charge is 0.368 e. The minimum Gasteiger partial charge on any atom is -0.368 e. The Morgan fingerprint density at radius 3 is 1.05 bits per heavy atom. The Labute approximate surface area is 631 Å². The molecular weight excluding hydrogens is 1420 g/mol. The number of aryl methyl sites for hydroxylation is 6. The highest BCUT2D eigenvalue weighted by Crippen LogP contribution is 2.39. The molecule has 15 heterocycles. The summed E-state index contributed by atoms with van der Waals surface area (Å²) in [5, 5.41) is 6.73. The summed E-state index contributed by atoms with van der Waals surface area (Å²) in [5.41, 5.74) is 15.7. The lowest BCUT2D eigenvalue weighted by Crippen LogP contribution is -2.44. The monoisotopic (exact) mass is 1510 g/mol. The minimum atomic E-state index is -0.637. The van der Waals surface area contributed by atoms with E-state index in [0.29, 0.717) is 66.6 Å². The summed E-state index contributed by atoms with van der Waals surface area (Å²) in [6.07, 6.45) is 8.51. The molecule has 3 saturated heterocycles. The molecule has 0 saturated carbocycles. The highest BCUT2D eigenvalue weighted by molar-refractivity contribution is 6.29. The number of benzene rings is 3. The van der Waals surface area contributed by atoms with Crippen LogP contribution in [0.5, 0.6) is 0 Å². The molecule has 0 spiro atoms. The molecule has 6 aliphatic heterocycles. The van der Waals surface area contributed by atoms with Crippen molar-refractivity contribution in [1.82, 2.24) is 88.2 Å². The van der Waals surface area contributed by atoms with Crippen molar-refractivity contribution in [2.75, 3.05) is 131 Å². The molecule has 4 N–H and O–H groups in total. The minimum absolute atomic E-state index is 0.00509. The van der Waals surface area contributed by atoms with Gasteiger partial charge in [0.05, 0.1) is 69.3 Å². The number of aromatic nitrogens is 15. The lowest BCUT2D eigenvalue weighted by atomic mass is 10.1. The van der Waals surface area contributed by atoms with Crippen LogP contribution in [0.25, 0.3) is 66.9 Å². The van der Waals surface area contributed by atoms with Crippen LogP contribution in [0.3, 0.4) is 0 Å². The van der Waals surface area contributed by atoms with Gasteiger partial charge in [0.2, 0.25) is 17.8 Å². The number of pyridine rings is 3. The lowest BCUT2D eigenvalue weighted by Gasteiger charge is -2.34. The molecule has 0 radical (unpaired) electrons. The number of nitrogen functional groups attached to an aromatic ring is 1. The number of piperazine rings is 3. The van der Waals surface area contributed by atoms with E-state index < -0.39 is 34.9 Å². The third-order valence-electron chi connectivity index (χ3n) is 21.4. The molecule has 0 amide bonds. The third-order valence-corrected chi connectivity index (χ3v) is 21.6. The molecule has 6 aliphatic rings. The summed E-state index contributed by atoms with van der Waals surface area (Å²) in [7, 11) is 6.41. The molecule has 12 aromatic rings. The first-order valence-electron chi connectivity index (χ1n) is 36.8. The van der Waals surface area contributed by atoms with Gasteiger partial charge in [0, 0.05) is 133 Å². The predicted molar refractivity (Wildman–Crippen MR) is 413 cm³/mol. The molecule has 0 aliphatic carbocycles. The standard InChI is InChI=1S/2C26H28F2N8.C15H13F2N5.C11H16ClN3/c2*1-15-4-7-23-32-25-18(27)12-17(13-21(25)36(15)23)24-19(28)14-29-26(33-24)31-22-6-5-20(16(2)30-22)35-10-8-34(3)9-11-35;1-7-2-3-12-20-14-9(16)4-8(5-11(14)22(7)12)13-10(17)6-19-15(18)21-13;1-9-10(3-4-11(12)13-9)15-7-5-14(2)6-8-15/h2*5-6,12-15H,4,7-11H2,1-3H3,(H,29,30,31,33);4-7H,2-3H2,1H3,(H2,18,19,21);3-4H,5-8H2,1-2H3. The highest BCUT2D eigenvalue weighted by atomic mass is 35.5. The quantitative estimate of drug-likeness (QED) is 0.0852. The molecule has 3 aromatic carbocycles. The van der Waals surface area contributed by atoms with Gasteiger partial charge in [-0.25, -0.2) is 86.2 Å². The maximum Gasteiger partial charge on any atom is 0.229 e. The summed E-state index contributed by atoms with van der Waals surface area (Å²) < 4.78 is 94.0. The Bertz CT molecular complexity index is 5190. The molecule has 9 aromatic heterocycles. The van der Waals surface area contributed by atoms with Crippen molar-refractivity contribution in [3.8, 4) is 33.8 Å². The number of hydrogen-bond donors (Lipinski definition) is 3. The fourth-order valence-electron chi connectivity index (χ4n) is 15.4.